The lowest BCUT2D eigenvalue weighted by atomic mass is 9.88. The smallest absolute Gasteiger partial charge is 0.0931 e. The molecule has 0 nitrogen and oxygen atoms in total. The molecule has 0 saturated heterocycles. The maximum Gasteiger partial charge on any atom is 0.0931 e. The summed E-state index contributed by atoms with van der Waals surface area (Å²) in [5, 5.41) is 0.323. The van der Waals surface area contributed by atoms with E-state index in [0.717, 1.165) is 10.8 Å². The first-order valence-electron chi connectivity index (χ1n) is 4.66. The highest BCUT2D eigenvalue weighted by Crippen LogP contribution is 2.40. The van der Waals surface area contributed by atoms with Crippen molar-refractivity contribution in [1.29, 1.82) is 0 Å². The summed E-state index contributed by atoms with van der Waals surface area (Å²) in [4.78, 5) is 1.37. The minimum atomic E-state index is 0.323. The fourth-order valence-electron chi connectivity index (χ4n) is 1.93. The number of alkyl halides is 1. The van der Waals surface area contributed by atoms with Crippen LogP contribution in [0, 0.1) is 0 Å². The van der Waals surface area contributed by atoms with Gasteiger partial charge in [0.25, 0.3) is 0 Å². The Hall–Kier alpha value is 0.280. The van der Waals surface area contributed by atoms with Gasteiger partial charge < -0.3 is 0 Å². The maximum atomic E-state index is 6.29. The van der Waals surface area contributed by atoms with Gasteiger partial charge >= 0.3 is 0 Å². The van der Waals surface area contributed by atoms with Crippen LogP contribution in [0.3, 0.4) is 0 Å². The number of rotatable bonds is 1. The third-order valence-corrected chi connectivity index (χ3v) is 4.53. The van der Waals surface area contributed by atoms with Crippen molar-refractivity contribution in [2.75, 3.05) is 0 Å². The third kappa shape index (κ3) is 2.20. The number of thiophene rings is 1. The molecule has 13 heavy (non-hydrogen) atoms. The van der Waals surface area contributed by atoms with E-state index < -0.39 is 0 Å². The van der Waals surface area contributed by atoms with E-state index in [4.69, 9.17) is 23.2 Å². The summed E-state index contributed by atoms with van der Waals surface area (Å²) in [7, 11) is 0. The van der Waals surface area contributed by atoms with E-state index in [2.05, 4.69) is 6.07 Å². The lowest BCUT2D eigenvalue weighted by Crippen LogP contribution is -2.16. The molecular weight excluding hydrogens is 223 g/mol. The Labute approximate surface area is 92.9 Å². The van der Waals surface area contributed by atoms with Crippen molar-refractivity contribution in [2.24, 2.45) is 0 Å². The van der Waals surface area contributed by atoms with Gasteiger partial charge in [0.1, 0.15) is 0 Å². The van der Waals surface area contributed by atoms with E-state index in [9.17, 15) is 0 Å². The first-order valence-corrected chi connectivity index (χ1v) is 6.30. The van der Waals surface area contributed by atoms with Crippen molar-refractivity contribution in [1.82, 2.24) is 0 Å². The van der Waals surface area contributed by atoms with Crippen molar-refractivity contribution in [3.8, 4) is 0 Å². The van der Waals surface area contributed by atoms with Crippen LogP contribution in [-0.2, 0) is 0 Å². The second-order valence-corrected chi connectivity index (χ2v) is 5.86. The second kappa shape index (κ2) is 4.20. The Kier molecular flexibility index (Phi) is 3.18. The molecule has 2 atom stereocenters. The van der Waals surface area contributed by atoms with E-state index in [1.165, 1.54) is 24.1 Å². The Balaban J connectivity index is 2.14. The van der Waals surface area contributed by atoms with Crippen molar-refractivity contribution in [3.63, 3.8) is 0 Å². The van der Waals surface area contributed by atoms with Crippen molar-refractivity contribution in [3.05, 3.63) is 21.3 Å². The number of hydrogen-bond acceptors (Lipinski definition) is 1. The van der Waals surface area contributed by atoms with Crippen LogP contribution < -0.4 is 0 Å². The molecule has 1 aromatic heterocycles. The molecule has 2 unspecified atom stereocenters. The number of hydrogen-bond donors (Lipinski definition) is 0. The van der Waals surface area contributed by atoms with Crippen molar-refractivity contribution < 1.29 is 0 Å². The van der Waals surface area contributed by atoms with E-state index >= 15 is 0 Å². The summed E-state index contributed by atoms with van der Waals surface area (Å²) < 4.78 is 0.879. The first kappa shape index (κ1) is 9.82. The predicted molar refractivity (Wildman–Crippen MR) is 60.2 cm³/mol. The van der Waals surface area contributed by atoms with Crippen LogP contribution in [0.2, 0.25) is 4.34 Å². The van der Waals surface area contributed by atoms with Gasteiger partial charge in [0.05, 0.1) is 4.34 Å². The SMILES string of the molecule is Clc1ccc(C2CCCCC2Cl)s1. The van der Waals surface area contributed by atoms with Crippen LogP contribution in [0.15, 0.2) is 12.1 Å². The van der Waals surface area contributed by atoms with E-state index in [1.807, 2.05) is 6.07 Å². The largest absolute Gasteiger partial charge is 0.128 e. The average Bonchev–Trinajstić information content (AvgIpc) is 2.53. The lowest BCUT2D eigenvalue weighted by molar-refractivity contribution is 0.455. The Morgan fingerprint density at radius 3 is 2.62 bits per heavy atom. The summed E-state index contributed by atoms with van der Waals surface area (Å²) in [5.74, 6) is 0.549. The van der Waals surface area contributed by atoms with Gasteiger partial charge in [-0.3, -0.25) is 0 Å². The van der Waals surface area contributed by atoms with Crippen LogP contribution in [-0.4, -0.2) is 5.38 Å². The molecule has 0 amide bonds. The van der Waals surface area contributed by atoms with Gasteiger partial charge in [0, 0.05) is 16.2 Å². The highest BCUT2D eigenvalue weighted by molar-refractivity contribution is 7.16. The molecule has 1 aliphatic rings. The van der Waals surface area contributed by atoms with Gasteiger partial charge in [0.2, 0.25) is 0 Å². The molecule has 72 valence electrons. The lowest BCUT2D eigenvalue weighted by Gasteiger charge is -2.25. The van der Waals surface area contributed by atoms with Gasteiger partial charge in [0.15, 0.2) is 0 Å². The summed E-state index contributed by atoms with van der Waals surface area (Å²) in [6.07, 6.45) is 4.97. The van der Waals surface area contributed by atoms with Gasteiger partial charge in [-0.1, -0.05) is 24.4 Å². The minimum absolute atomic E-state index is 0.323. The van der Waals surface area contributed by atoms with E-state index in [-0.39, 0.29) is 0 Å². The Bertz CT molecular complexity index is 282. The molecule has 0 spiro atoms. The predicted octanol–water partition coefficient (Wildman–Crippen LogP) is 4.67. The van der Waals surface area contributed by atoms with E-state index in [0.29, 0.717) is 11.3 Å². The fourth-order valence-corrected chi connectivity index (χ4v) is 3.69. The molecule has 1 aliphatic carbocycles. The molecule has 1 fully saturated rings. The van der Waals surface area contributed by atoms with Crippen LogP contribution in [0.5, 0.6) is 0 Å². The highest BCUT2D eigenvalue weighted by atomic mass is 35.5. The molecule has 1 saturated carbocycles. The summed E-state index contributed by atoms with van der Waals surface area (Å²) >= 11 is 13.9. The van der Waals surface area contributed by atoms with Gasteiger partial charge in [-0.05, 0) is 25.0 Å². The normalized spacial score (nSPS) is 29.1. The molecule has 0 radical (unpaired) electrons. The minimum Gasteiger partial charge on any atom is -0.128 e. The van der Waals surface area contributed by atoms with Crippen LogP contribution in [0.1, 0.15) is 36.5 Å². The molecule has 3 heteroatoms. The standard InChI is InChI=1S/C10H12Cl2S/c11-8-4-2-1-3-7(8)9-5-6-10(12)13-9/h5-8H,1-4H2. The molecule has 0 aromatic carbocycles. The fraction of sp³-hybridized carbons (Fsp3) is 0.600. The molecular formula is C10H12Cl2S. The third-order valence-electron chi connectivity index (χ3n) is 2.64. The topological polar surface area (TPSA) is 0 Å². The first-order chi connectivity index (χ1) is 6.27. The molecule has 0 bridgehead atoms. The molecule has 0 N–H and O–H groups in total. The van der Waals surface area contributed by atoms with E-state index in [1.54, 1.807) is 11.3 Å². The molecule has 0 aliphatic heterocycles. The monoisotopic (exact) mass is 234 g/mol. The highest BCUT2D eigenvalue weighted by Gasteiger charge is 2.25. The zero-order chi connectivity index (χ0) is 9.26. The Morgan fingerprint density at radius 2 is 2.00 bits per heavy atom. The summed E-state index contributed by atoms with van der Waals surface area (Å²) in [6.45, 7) is 0. The molecule has 1 heterocycles. The second-order valence-electron chi connectivity index (χ2n) is 3.55. The van der Waals surface area contributed by atoms with Gasteiger partial charge in [-0.25, -0.2) is 0 Å². The van der Waals surface area contributed by atoms with Crippen LogP contribution in [0.25, 0.3) is 0 Å². The Morgan fingerprint density at radius 1 is 1.23 bits per heavy atom. The molecule has 2 rings (SSSR count). The summed E-state index contributed by atoms with van der Waals surface area (Å²) in [5.41, 5.74) is 0. The van der Waals surface area contributed by atoms with Crippen molar-refractivity contribution in [2.45, 2.75) is 37.0 Å². The van der Waals surface area contributed by atoms with Crippen molar-refractivity contribution >= 4 is 34.5 Å². The van der Waals surface area contributed by atoms with Crippen LogP contribution >= 0.6 is 34.5 Å². The summed E-state index contributed by atoms with van der Waals surface area (Å²) in [6, 6.07) is 4.10. The van der Waals surface area contributed by atoms with Gasteiger partial charge in [-0.2, -0.15) is 0 Å². The zero-order valence-electron chi connectivity index (χ0n) is 7.30. The quantitative estimate of drug-likeness (QED) is 0.620. The maximum absolute atomic E-state index is 6.29. The zero-order valence-corrected chi connectivity index (χ0v) is 9.63. The molecule has 1 aromatic rings. The van der Waals surface area contributed by atoms with Gasteiger partial charge in [-0.15, -0.1) is 22.9 Å². The average molecular weight is 235 g/mol. The van der Waals surface area contributed by atoms with Crippen LogP contribution in [0.4, 0.5) is 0 Å². The number of halogens is 2.